The van der Waals surface area contributed by atoms with Crippen LogP contribution in [0.4, 0.5) is 8.78 Å². The summed E-state index contributed by atoms with van der Waals surface area (Å²) in [6.07, 6.45) is 0. The van der Waals surface area contributed by atoms with E-state index >= 15 is 0 Å². The van der Waals surface area contributed by atoms with Gasteiger partial charge in [-0.1, -0.05) is 0 Å². The smallest absolute Gasteiger partial charge is 0.352 e. The van der Waals surface area contributed by atoms with Gasteiger partial charge in [0.15, 0.2) is 5.43 Å². The molecule has 0 radical (unpaired) electrons. The van der Waals surface area contributed by atoms with E-state index in [4.69, 9.17) is 5.11 Å². The largest absolute Gasteiger partial charge is 0.477 e. The predicted molar refractivity (Wildman–Crippen MR) is 65.5 cm³/mol. The summed E-state index contributed by atoms with van der Waals surface area (Å²) in [6.45, 7) is 3.25. The van der Waals surface area contributed by atoms with E-state index in [9.17, 15) is 18.4 Å². The van der Waals surface area contributed by atoms with Crippen molar-refractivity contribution in [1.29, 1.82) is 0 Å². The standard InChI is InChI=1S/C13H11F2NO3/c1-6(2)16-9(13(18)19)5-10(17)11-7(14)3-4-8(15)12(11)16/h3-6H,1-2H3,(H,18,19). The average Bonchev–Trinajstić information content (AvgIpc) is 2.32. The van der Waals surface area contributed by atoms with E-state index in [1.54, 1.807) is 13.8 Å². The second-order valence-electron chi connectivity index (χ2n) is 4.42. The van der Waals surface area contributed by atoms with E-state index in [0.717, 1.165) is 22.8 Å². The maximum atomic E-state index is 13.9. The number of aromatic nitrogens is 1. The number of fused-ring (bicyclic) bond motifs is 1. The molecule has 2 rings (SSSR count). The fraction of sp³-hybridized carbons (Fsp3) is 0.231. The maximum Gasteiger partial charge on any atom is 0.352 e. The number of pyridine rings is 1. The lowest BCUT2D eigenvalue weighted by atomic mass is 10.1. The lowest BCUT2D eigenvalue weighted by Crippen LogP contribution is -2.21. The summed E-state index contributed by atoms with van der Waals surface area (Å²) in [7, 11) is 0. The Hall–Kier alpha value is -2.24. The van der Waals surface area contributed by atoms with Crippen molar-refractivity contribution in [2.45, 2.75) is 19.9 Å². The van der Waals surface area contributed by atoms with Crippen molar-refractivity contribution in [1.82, 2.24) is 4.57 Å². The third-order valence-electron chi connectivity index (χ3n) is 2.83. The van der Waals surface area contributed by atoms with Crippen molar-refractivity contribution in [3.8, 4) is 0 Å². The van der Waals surface area contributed by atoms with Gasteiger partial charge >= 0.3 is 5.97 Å². The van der Waals surface area contributed by atoms with Crippen LogP contribution in [0.25, 0.3) is 10.9 Å². The van der Waals surface area contributed by atoms with Crippen LogP contribution in [0.1, 0.15) is 30.4 Å². The number of hydrogen-bond acceptors (Lipinski definition) is 2. The zero-order chi connectivity index (χ0) is 14.3. The Morgan fingerprint density at radius 1 is 1.26 bits per heavy atom. The van der Waals surface area contributed by atoms with E-state index in [1.807, 2.05) is 0 Å². The van der Waals surface area contributed by atoms with Crippen LogP contribution >= 0.6 is 0 Å². The van der Waals surface area contributed by atoms with Crippen LogP contribution in [-0.4, -0.2) is 15.6 Å². The molecule has 100 valence electrons. The van der Waals surface area contributed by atoms with Crippen molar-refractivity contribution >= 4 is 16.9 Å². The van der Waals surface area contributed by atoms with Gasteiger partial charge in [0.1, 0.15) is 17.3 Å². The number of benzene rings is 1. The lowest BCUT2D eigenvalue weighted by molar-refractivity contribution is 0.0683. The van der Waals surface area contributed by atoms with Gasteiger partial charge in [-0.05, 0) is 26.0 Å². The molecule has 1 aromatic carbocycles. The first-order valence-corrected chi connectivity index (χ1v) is 5.61. The summed E-state index contributed by atoms with van der Waals surface area (Å²) in [5.41, 5.74) is -1.53. The highest BCUT2D eigenvalue weighted by Crippen LogP contribution is 2.23. The minimum Gasteiger partial charge on any atom is -0.477 e. The molecule has 0 unspecified atom stereocenters. The highest BCUT2D eigenvalue weighted by atomic mass is 19.1. The normalized spacial score (nSPS) is 11.2. The highest BCUT2D eigenvalue weighted by Gasteiger charge is 2.21. The van der Waals surface area contributed by atoms with Gasteiger partial charge in [0, 0.05) is 12.1 Å². The average molecular weight is 267 g/mol. The van der Waals surface area contributed by atoms with Gasteiger partial charge in [-0.2, -0.15) is 0 Å². The van der Waals surface area contributed by atoms with E-state index in [1.165, 1.54) is 0 Å². The Morgan fingerprint density at radius 3 is 2.37 bits per heavy atom. The Balaban J connectivity index is 3.13. The molecule has 1 heterocycles. The second kappa shape index (κ2) is 4.46. The molecule has 1 aromatic heterocycles. The molecule has 0 saturated carbocycles. The fourth-order valence-electron chi connectivity index (χ4n) is 2.10. The van der Waals surface area contributed by atoms with Gasteiger partial charge < -0.3 is 9.67 Å². The van der Waals surface area contributed by atoms with Crippen LogP contribution in [0.15, 0.2) is 23.0 Å². The molecular formula is C13H11F2NO3. The van der Waals surface area contributed by atoms with Gasteiger partial charge in [0.25, 0.3) is 0 Å². The van der Waals surface area contributed by atoms with E-state index in [0.29, 0.717) is 0 Å². The number of nitrogens with zero attached hydrogens (tertiary/aromatic N) is 1. The maximum absolute atomic E-state index is 13.9. The van der Waals surface area contributed by atoms with Crippen LogP contribution in [0.2, 0.25) is 0 Å². The van der Waals surface area contributed by atoms with Gasteiger partial charge in [-0.15, -0.1) is 0 Å². The summed E-state index contributed by atoms with van der Waals surface area (Å²) >= 11 is 0. The monoisotopic (exact) mass is 267 g/mol. The molecule has 0 saturated heterocycles. The number of carboxylic acids is 1. The first-order chi connectivity index (χ1) is 8.84. The third-order valence-corrected chi connectivity index (χ3v) is 2.83. The van der Waals surface area contributed by atoms with Crippen molar-refractivity contribution < 1.29 is 18.7 Å². The Bertz CT molecular complexity index is 735. The summed E-state index contributed by atoms with van der Waals surface area (Å²) in [5.74, 6) is -3.06. The summed E-state index contributed by atoms with van der Waals surface area (Å²) in [4.78, 5) is 22.9. The molecule has 0 aliphatic carbocycles. The van der Waals surface area contributed by atoms with Crippen LogP contribution in [0.3, 0.4) is 0 Å². The first-order valence-electron chi connectivity index (χ1n) is 5.61. The molecule has 0 atom stereocenters. The molecule has 0 fully saturated rings. The Labute approximate surface area is 106 Å². The van der Waals surface area contributed by atoms with E-state index in [2.05, 4.69) is 0 Å². The van der Waals surface area contributed by atoms with Crippen molar-refractivity contribution in [2.24, 2.45) is 0 Å². The molecule has 0 spiro atoms. The fourth-order valence-corrected chi connectivity index (χ4v) is 2.10. The predicted octanol–water partition coefficient (Wildman–Crippen LogP) is 2.56. The number of halogens is 2. The van der Waals surface area contributed by atoms with Gasteiger partial charge in [0.2, 0.25) is 0 Å². The third kappa shape index (κ3) is 1.99. The number of rotatable bonds is 2. The van der Waals surface area contributed by atoms with Gasteiger partial charge in [-0.3, -0.25) is 4.79 Å². The number of hydrogen-bond donors (Lipinski definition) is 1. The van der Waals surface area contributed by atoms with Gasteiger partial charge in [0.05, 0.1) is 10.9 Å². The molecule has 2 aromatic rings. The zero-order valence-corrected chi connectivity index (χ0v) is 10.3. The molecule has 0 aliphatic rings. The number of aromatic carboxylic acids is 1. The highest BCUT2D eigenvalue weighted by molar-refractivity contribution is 5.91. The summed E-state index contributed by atoms with van der Waals surface area (Å²) in [6, 6.07) is 2.10. The minimum absolute atomic E-state index is 0.320. The topological polar surface area (TPSA) is 59.3 Å². The molecule has 4 nitrogen and oxygen atoms in total. The Morgan fingerprint density at radius 2 is 1.84 bits per heavy atom. The molecule has 6 heteroatoms. The lowest BCUT2D eigenvalue weighted by Gasteiger charge is -2.18. The SMILES string of the molecule is CC(C)n1c(C(=O)O)cc(=O)c2c(F)ccc(F)c21. The summed E-state index contributed by atoms with van der Waals surface area (Å²) in [5, 5.41) is 8.65. The van der Waals surface area contributed by atoms with E-state index < -0.39 is 34.5 Å². The van der Waals surface area contributed by atoms with Crippen molar-refractivity contribution in [3.05, 3.63) is 45.8 Å². The zero-order valence-electron chi connectivity index (χ0n) is 10.3. The van der Waals surface area contributed by atoms with Gasteiger partial charge in [-0.25, -0.2) is 13.6 Å². The quantitative estimate of drug-likeness (QED) is 0.909. The molecule has 1 N–H and O–H groups in total. The van der Waals surface area contributed by atoms with Crippen LogP contribution in [0, 0.1) is 11.6 Å². The molecule has 0 bridgehead atoms. The van der Waals surface area contributed by atoms with Crippen LogP contribution < -0.4 is 5.43 Å². The molecule has 0 aliphatic heterocycles. The van der Waals surface area contributed by atoms with Crippen LogP contribution in [0.5, 0.6) is 0 Å². The van der Waals surface area contributed by atoms with Crippen molar-refractivity contribution in [3.63, 3.8) is 0 Å². The minimum atomic E-state index is -1.36. The second-order valence-corrected chi connectivity index (χ2v) is 4.42. The molecular weight excluding hydrogens is 256 g/mol. The first kappa shape index (κ1) is 13.2. The molecule has 19 heavy (non-hydrogen) atoms. The molecule has 0 amide bonds. The van der Waals surface area contributed by atoms with Crippen LogP contribution in [-0.2, 0) is 0 Å². The summed E-state index contributed by atoms with van der Waals surface area (Å²) < 4.78 is 28.7. The number of carbonyl (C=O) groups is 1. The van der Waals surface area contributed by atoms with E-state index in [-0.39, 0.29) is 11.2 Å². The van der Waals surface area contributed by atoms with Crippen molar-refractivity contribution in [2.75, 3.05) is 0 Å². The Kier molecular flexibility index (Phi) is 3.09. The number of carboxylic acid groups (broad SMARTS) is 1.